The fourth-order valence-corrected chi connectivity index (χ4v) is 13.1. The Morgan fingerprint density at radius 2 is 0.562 bits per heavy atom. The average Bonchev–Trinajstić information content (AvgIpc) is 2.59. The number of likely N-dealkylation sites (N-methyl/N-ethyl adjacent to an activating group) is 1. The van der Waals surface area contributed by atoms with Crippen LogP contribution in [0.1, 0.15) is 444 Å². The van der Waals surface area contributed by atoms with Gasteiger partial charge in [-0.3, -0.25) is 9.59 Å². The van der Waals surface area contributed by atoms with Crippen LogP contribution >= 0.6 is 0 Å². The molecule has 0 aliphatic carbocycles. The molecule has 9 heteroatoms. The zero-order valence-corrected chi connectivity index (χ0v) is 65.0. The molecule has 0 amide bonds. The molecule has 0 aliphatic heterocycles. The fourth-order valence-electron chi connectivity index (χ4n) is 13.1. The summed E-state index contributed by atoms with van der Waals surface area (Å²) in [5, 5.41) is 11.9. The Balaban J connectivity index is 3.92. The van der Waals surface area contributed by atoms with Crippen LogP contribution in [-0.4, -0.2) is 82.3 Å². The first kappa shape index (κ1) is 93.5. The monoisotopic (exact) mass is 1350 g/mol. The van der Waals surface area contributed by atoms with Crippen molar-refractivity contribution in [3.8, 4) is 0 Å². The third kappa shape index (κ3) is 78.8. The Morgan fingerprint density at radius 3 is 0.833 bits per heavy atom. The van der Waals surface area contributed by atoms with Gasteiger partial charge in [0.2, 0.25) is 0 Å². The van der Waals surface area contributed by atoms with Gasteiger partial charge < -0.3 is 33.3 Å². The van der Waals surface area contributed by atoms with Gasteiger partial charge in [0.15, 0.2) is 12.4 Å². The van der Waals surface area contributed by atoms with Gasteiger partial charge in [0.25, 0.3) is 0 Å². The molecule has 0 rings (SSSR count). The van der Waals surface area contributed by atoms with Crippen LogP contribution in [0, 0.1) is 0 Å². The number of quaternary nitrogens is 1. The lowest BCUT2D eigenvalue weighted by molar-refractivity contribution is -0.870. The predicted octanol–water partition coefficient (Wildman–Crippen LogP) is 26.1. The molecule has 0 N–H and O–H groups in total. The van der Waals surface area contributed by atoms with E-state index in [1.807, 2.05) is 21.1 Å². The second-order valence-corrected chi connectivity index (χ2v) is 30.5. The zero-order valence-electron chi connectivity index (χ0n) is 65.0. The lowest BCUT2D eigenvalue weighted by Crippen LogP contribution is -2.44. The second kappa shape index (κ2) is 78.2. The molecule has 2 unspecified atom stereocenters. The Hall–Kier alpha value is -2.49. The van der Waals surface area contributed by atoms with E-state index in [0.717, 1.165) is 44.9 Å². The molecule has 9 nitrogen and oxygen atoms in total. The van der Waals surface area contributed by atoms with E-state index in [4.69, 9.17) is 18.9 Å². The number of hydrogen-bond donors (Lipinski definition) is 0. The molecule has 0 spiro atoms. The lowest BCUT2D eigenvalue weighted by atomic mass is 10.0. The summed E-state index contributed by atoms with van der Waals surface area (Å²) in [5.74, 6) is -2.25. The third-order valence-electron chi connectivity index (χ3n) is 19.6. The van der Waals surface area contributed by atoms with Crippen LogP contribution in [0.3, 0.4) is 0 Å². The van der Waals surface area contributed by atoms with E-state index < -0.39 is 24.3 Å². The van der Waals surface area contributed by atoms with Crippen molar-refractivity contribution in [2.75, 3.05) is 47.5 Å². The maximum absolute atomic E-state index is 13.0. The molecule has 0 saturated heterocycles. The molecule has 566 valence electrons. The van der Waals surface area contributed by atoms with Crippen LogP contribution in [0.15, 0.2) is 36.5 Å². The van der Waals surface area contributed by atoms with Crippen molar-refractivity contribution in [3.63, 3.8) is 0 Å². The fraction of sp³-hybridized carbons (Fsp3) is 0.897. The molecular weight excluding hydrogens is 1190 g/mol. The van der Waals surface area contributed by atoms with Crippen molar-refractivity contribution >= 4 is 17.9 Å². The highest BCUT2D eigenvalue weighted by atomic mass is 16.7. The molecule has 0 aromatic carbocycles. The van der Waals surface area contributed by atoms with Crippen molar-refractivity contribution in [3.05, 3.63) is 36.5 Å². The second-order valence-electron chi connectivity index (χ2n) is 30.5. The number of nitrogens with zero attached hydrogens (tertiary/aromatic N) is 1. The van der Waals surface area contributed by atoms with E-state index in [1.54, 1.807) is 0 Å². The minimum atomic E-state index is -1.62. The number of rotatable bonds is 81. The molecule has 0 heterocycles. The van der Waals surface area contributed by atoms with Gasteiger partial charge in [0, 0.05) is 12.8 Å². The number of carboxylic acid groups (broad SMARTS) is 1. The first-order chi connectivity index (χ1) is 47.1. The summed E-state index contributed by atoms with van der Waals surface area (Å²) in [6.45, 7) is 4.82. The molecule has 96 heavy (non-hydrogen) atoms. The number of esters is 2. The SMILES string of the molecule is CCCCCCC/C=C\C/C=C\C/C=C\CCCCCCCCCCCCCCCCCCC(=O)OC(COC(=O)CCCCCCCCCCCCCCCCCCCCCCCCCCCCCCCCCCCCCCCCCC)COC(OCC[N+](C)(C)C)C(=O)[O-]. The molecule has 0 aromatic rings. The Morgan fingerprint density at radius 1 is 0.312 bits per heavy atom. The number of carbonyl (C=O) groups is 3. The minimum absolute atomic E-state index is 0.151. The van der Waals surface area contributed by atoms with E-state index in [2.05, 4.69) is 50.3 Å². The highest BCUT2D eigenvalue weighted by Crippen LogP contribution is 2.21. The summed E-state index contributed by atoms with van der Waals surface area (Å²) >= 11 is 0. The van der Waals surface area contributed by atoms with Crippen molar-refractivity contribution < 1.29 is 42.9 Å². The largest absolute Gasteiger partial charge is 0.545 e. The average molecular weight is 1350 g/mol. The van der Waals surface area contributed by atoms with Crippen LogP contribution in [0.25, 0.3) is 0 Å². The Bertz CT molecular complexity index is 1670. The van der Waals surface area contributed by atoms with Crippen LogP contribution in [0.4, 0.5) is 0 Å². The van der Waals surface area contributed by atoms with Crippen molar-refractivity contribution in [2.45, 2.75) is 456 Å². The smallest absolute Gasteiger partial charge is 0.306 e. The van der Waals surface area contributed by atoms with E-state index in [0.29, 0.717) is 23.9 Å². The van der Waals surface area contributed by atoms with Gasteiger partial charge in [0.1, 0.15) is 13.2 Å². The molecular formula is C87H165NO8. The predicted molar refractivity (Wildman–Crippen MR) is 413 cm³/mol. The van der Waals surface area contributed by atoms with Gasteiger partial charge in [0.05, 0.1) is 40.3 Å². The summed E-state index contributed by atoms with van der Waals surface area (Å²) in [6.07, 6.45) is 98.7. The number of aliphatic carboxylic acids is 1. The topological polar surface area (TPSA) is 111 Å². The van der Waals surface area contributed by atoms with Crippen LogP contribution in [-0.2, 0) is 33.3 Å². The van der Waals surface area contributed by atoms with Gasteiger partial charge in [-0.25, -0.2) is 0 Å². The van der Waals surface area contributed by atoms with Crippen molar-refractivity contribution in [1.82, 2.24) is 0 Å². The highest BCUT2D eigenvalue weighted by Gasteiger charge is 2.22. The minimum Gasteiger partial charge on any atom is -0.545 e. The van der Waals surface area contributed by atoms with Gasteiger partial charge in [-0.05, 0) is 51.4 Å². The molecule has 0 bridgehead atoms. The van der Waals surface area contributed by atoms with Crippen molar-refractivity contribution in [1.29, 1.82) is 0 Å². The summed E-state index contributed by atoms with van der Waals surface area (Å²) < 4.78 is 22.9. The number of ether oxygens (including phenoxy) is 4. The zero-order chi connectivity index (χ0) is 69.7. The number of carbonyl (C=O) groups excluding carboxylic acids is 3. The number of hydrogen-bond acceptors (Lipinski definition) is 8. The van der Waals surface area contributed by atoms with E-state index in [9.17, 15) is 19.5 Å². The Kier molecular flexibility index (Phi) is 76.2. The van der Waals surface area contributed by atoms with E-state index in [1.165, 1.54) is 366 Å². The van der Waals surface area contributed by atoms with E-state index in [-0.39, 0.29) is 32.2 Å². The first-order valence-electron chi connectivity index (χ1n) is 42.6. The molecule has 0 aliphatic rings. The number of allylic oxidation sites excluding steroid dienone is 6. The number of unbranched alkanes of at least 4 members (excludes halogenated alkanes) is 60. The normalized spacial score (nSPS) is 12.7. The van der Waals surface area contributed by atoms with Crippen molar-refractivity contribution in [2.24, 2.45) is 0 Å². The summed E-state index contributed by atoms with van der Waals surface area (Å²) in [4.78, 5) is 37.6. The summed E-state index contributed by atoms with van der Waals surface area (Å²) in [7, 11) is 5.95. The highest BCUT2D eigenvalue weighted by molar-refractivity contribution is 5.70. The van der Waals surface area contributed by atoms with Crippen LogP contribution in [0.2, 0.25) is 0 Å². The standard InChI is InChI=1S/C87H165NO8/c1-6-8-10-12-14-16-18-20-22-24-26-28-30-32-34-36-38-39-40-41-42-43-44-45-46-48-49-51-53-55-57-59-61-63-65-67-69-71-73-75-77-84(89)94-81-83(82-95-87(86(91)92)93-80-79-88(3,4)5)96-85(90)78-76-74-72-70-68-66-64-62-60-58-56-54-52-50-47-37-35-33-31-29-27-25-23-21-19-17-15-13-11-9-7-2/h19,21,25,27,31,33,83,87H,6-18,20,22-24,26,28-30,32,34-82H2,1-5H3/b21-19-,27-25-,33-31-. The maximum atomic E-state index is 13.0. The summed E-state index contributed by atoms with van der Waals surface area (Å²) in [5.41, 5.74) is 0. The molecule has 0 fully saturated rings. The van der Waals surface area contributed by atoms with Gasteiger partial charge >= 0.3 is 11.9 Å². The first-order valence-corrected chi connectivity index (χ1v) is 42.6. The molecule has 2 atom stereocenters. The van der Waals surface area contributed by atoms with Crippen LogP contribution < -0.4 is 5.11 Å². The molecule has 0 aromatic heterocycles. The Labute approximate surface area is 598 Å². The van der Waals surface area contributed by atoms with Gasteiger partial charge in [-0.15, -0.1) is 0 Å². The van der Waals surface area contributed by atoms with E-state index >= 15 is 0 Å². The van der Waals surface area contributed by atoms with Gasteiger partial charge in [-0.2, -0.15) is 0 Å². The molecule has 0 radical (unpaired) electrons. The van der Waals surface area contributed by atoms with Crippen LogP contribution in [0.5, 0.6) is 0 Å². The number of carboxylic acids is 1. The quantitative estimate of drug-likeness (QED) is 0.0195. The molecule has 0 saturated carbocycles. The van der Waals surface area contributed by atoms with Gasteiger partial charge in [-0.1, -0.05) is 416 Å². The maximum Gasteiger partial charge on any atom is 0.306 e. The third-order valence-corrected chi connectivity index (χ3v) is 19.6. The summed E-state index contributed by atoms with van der Waals surface area (Å²) in [6, 6.07) is 0. The lowest BCUT2D eigenvalue weighted by Gasteiger charge is -2.26.